The standard InChI is InChI=1S/C12H12O6/c13-11(14)9-6-16-10(18-9)7-17-12(15)8-4-2-1-3-5-8/h1-5,9-10H,6-7H2,(H,13,14). The first-order valence-corrected chi connectivity index (χ1v) is 5.39. The van der Waals surface area contributed by atoms with Gasteiger partial charge >= 0.3 is 11.9 Å². The summed E-state index contributed by atoms with van der Waals surface area (Å²) in [6.07, 6.45) is -1.82. The number of benzene rings is 1. The zero-order chi connectivity index (χ0) is 13.0. The molecule has 96 valence electrons. The van der Waals surface area contributed by atoms with E-state index in [-0.39, 0.29) is 13.2 Å². The molecule has 0 aromatic heterocycles. The lowest BCUT2D eigenvalue weighted by Crippen LogP contribution is -2.25. The number of hydrogen-bond acceptors (Lipinski definition) is 5. The van der Waals surface area contributed by atoms with Crippen LogP contribution in [0.25, 0.3) is 0 Å². The maximum absolute atomic E-state index is 11.6. The SMILES string of the molecule is O=C(OCC1OCC(C(=O)O)O1)c1ccccc1. The molecule has 1 heterocycles. The number of carboxylic acid groups (broad SMARTS) is 1. The van der Waals surface area contributed by atoms with Crippen LogP contribution in [-0.4, -0.2) is 42.7 Å². The Balaban J connectivity index is 1.79. The zero-order valence-electron chi connectivity index (χ0n) is 9.44. The fraction of sp³-hybridized carbons (Fsp3) is 0.333. The van der Waals surface area contributed by atoms with Gasteiger partial charge in [0.25, 0.3) is 0 Å². The van der Waals surface area contributed by atoms with E-state index in [1.165, 1.54) is 0 Å². The Morgan fingerprint density at radius 2 is 2.06 bits per heavy atom. The predicted octanol–water partition coefficient (Wildman–Crippen LogP) is 0.669. The first kappa shape index (κ1) is 12.5. The van der Waals surface area contributed by atoms with Gasteiger partial charge in [0.15, 0.2) is 12.4 Å². The van der Waals surface area contributed by atoms with E-state index in [2.05, 4.69) is 0 Å². The maximum atomic E-state index is 11.6. The second-order valence-corrected chi connectivity index (χ2v) is 3.69. The summed E-state index contributed by atoms with van der Waals surface area (Å²) in [5.41, 5.74) is 0.422. The van der Waals surface area contributed by atoms with Gasteiger partial charge in [-0.1, -0.05) is 18.2 Å². The highest BCUT2D eigenvalue weighted by Gasteiger charge is 2.32. The molecule has 1 N–H and O–H groups in total. The van der Waals surface area contributed by atoms with Gasteiger partial charge in [0.05, 0.1) is 12.2 Å². The highest BCUT2D eigenvalue weighted by Crippen LogP contribution is 2.12. The quantitative estimate of drug-likeness (QED) is 0.793. The lowest BCUT2D eigenvalue weighted by Gasteiger charge is -2.10. The third kappa shape index (κ3) is 3.06. The van der Waals surface area contributed by atoms with Gasteiger partial charge in [0.1, 0.15) is 6.61 Å². The third-order valence-electron chi connectivity index (χ3n) is 2.38. The molecule has 1 aromatic carbocycles. The summed E-state index contributed by atoms with van der Waals surface area (Å²) in [5, 5.41) is 8.67. The van der Waals surface area contributed by atoms with Crippen LogP contribution in [0.4, 0.5) is 0 Å². The topological polar surface area (TPSA) is 82.1 Å². The molecule has 1 aliphatic rings. The van der Waals surface area contributed by atoms with Crippen LogP contribution < -0.4 is 0 Å². The first-order valence-electron chi connectivity index (χ1n) is 5.39. The first-order chi connectivity index (χ1) is 8.66. The summed E-state index contributed by atoms with van der Waals surface area (Å²) in [4.78, 5) is 22.2. The Labute approximate surface area is 103 Å². The number of hydrogen-bond donors (Lipinski definition) is 1. The molecule has 2 atom stereocenters. The van der Waals surface area contributed by atoms with Gasteiger partial charge in [0.2, 0.25) is 0 Å². The predicted molar refractivity (Wildman–Crippen MR) is 59.0 cm³/mol. The van der Waals surface area contributed by atoms with E-state index in [4.69, 9.17) is 19.3 Å². The molecule has 6 heteroatoms. The smallest absolute Gasteiger partial charge is 0.338 e. The Hall–Kier alpha value is -1.92. The molecule has 6 nitrogen and oxygen atoms in total. The van der Waals surface area contributed by atoms with Crippen molar-refractivity contribution in [3.8, 4) is 0 Å². The van der Waals surface area contributed by atoms with E-state index in [1.807, 2.05) is 0 Å². The summed E-state index contributed by atoms with van der Waals surface area (Å²) >= 11 is 0. The van der Waals surface area contributed by atoms with Crippen LogP contribution in [0, 0.1) is 0 Å². The highest BCUT2D eigenvalue weighted by atomic mass is 16.7. The van der Waals surface area contributed by atoms with Crippen LogP contribution >= 0.6 is 0 Å². The molecular formula is C12H12O6. The molecule has 0 bridgehead atoms. The minimum atomic E-state index is -1.09. The summed E-state index contributed by atoms with van der Waals surface area (Å²) in [6.45, 7) is -0.166. The average Bonchev–Trinajstić information content (AvgIpc) is 2.86. The van der Waals surface area contributed by atoms with Crippen molar-refractivity contribution in [3.63, 3.8) is 0 Å². The van der Waals surface area contributed by atoms with Crippen molar-refractivity contribution in [2.45, 2.75) is 12.4 Å². The second-order valence-electron chi connectivity index (χ2n) is 3.69. The van der Waals surface area contributed by atoms with Gasteiger partial charge in [-0.3, -0.25) is 0 Å². The lowest BCUT2D eigenvalue weighted by molar-refractivity contribution is -0.152. The Bertz CT molecular complexity index is 429. The van der Waals surface area contributed by atoms with Crippen LogP contribution in [0.2, 0.25) is 0 Å². The number of carbonyl (C=O) groups excluding carboxylic acids is 1. The van der Waals surface area contributed by atoms with Crippen LogP contribution in [-0.2, 0) is 19.0 Å². The molecule has 2 unspecified atom stereocenters. The van der Waals surface area contributed by atoms with E-state index in [0.717, 1.165) is 0 Å². The number of aliphatic carboxylic acids is 1. The van der Waals surface area contributed by atoms with Gasteiger partial charge in [-0.05, 0) is 12.1 Å². The van der Waals surface area contributed by atoms with Crippen LogP contribution in [0.1, 0.15) is 10.4 Å². The number of rotatable bonds is 4. The molecule has 0 spiro atoms. The molecular weight excluding hydrogens is 240 g/mol. The van der Waals surface area contributed by atoms with Gasteiger partial charge in [-0.25, -0.2) is 9.59 Å². The fourth-order valence-electron chi connectivity index (χ4n) is 1.47. The van der Waals surface area contributed by atoms with Gasteiger partial charge in [-0.15, -0.1) is 0 Å². The van der Waals surface area contributed by atoms with Crippen LogP contribution in [0.15, 0.2) is 30.3 Å². The molecule has 1 saturated heterocycles. The average molecular weight is 252 g/mol. The van der Waals surface area contributed by atoms with E-state index >= 15 is 0 Å². The number of esters is 1. The third-order valence-corrected chi connectivity index (χ3v) is 2.38. The van der Waals surface area contributed by atoms with Crippen molar-refractivity contribution in [1.82, 2.24) is 0 Å². The zero-order valence-corrected chi connectivity index (χ0v) is 9.44. The molecule has 1 fully saturated rings. The molecule has 0 radical (unpaired) electrons. The molecule has 0 saturated carbocycles. The van der Waals surface area contributed by atoms with Crippen LogP contribution in [0.5, 0.6) is 0 Å². The molecule has 0 aliphatic carbocycles. The molecule has 1 aliphatic heterocycles. The highest BCUT2D eigenvalue weighted by molar-refractivity contribution is 5.89. The van der Waals surface area contributed by atoms with E-state index in [0.29, 0.717) is 5.56 Å². The molecule has 2 rings (SSSR count). The Kier molecular flexibility index (Phi) is 3.91. The lowest BCUT2D eigenvalue weighted by atomic mass is 10.2. The van der Waals surface area contributed by atoms with Crippen molar-refractivity contribution in [1.29, 1.82) is 0 Å². The number of ether oxygens (including phenoxy) is 3. The van der Waals surface area contributed by atoms with Crippen molar-refractivity contribution >= 4 is 11.9 Å². The summed E-state index contributed by atoms with van der Waals surface area (Å²) < 4.78 is 15.0. The van der Waals surface area contributed by atoms with Crippen molar-refractivity contribution in [2.24, 2.45) is 0 Å². The minimum Gasteiger partial charge on any atom is -0.479 e. The van der Waals surface area contributed by atoms with E-state index in [9.17, 15) is 9.59 Å². The van der Waals surface area contributed by atoms with Crippen molar-refractivity contribution in [3.05, 3.63) is 35.9 Å². The normalized spacial score (nSPS) is 22.7. The molecule has 18 heavy (non-hydrogen) atoms. The molecule has 0 amide bonds. The summed E-state index contributed by atoms with van der Waals surface area (Å²) in [6, 6.07) is 8.48. The monoisotopic (exact) mass is 252 g/mol. The fourth-order valence-corrected chi connectivity index (χ4v) is 1.47. The van der Waals surface area contributed by atoms with Gasteiger partial charge < -0.3 is 19.3 Å². The summed E-state index contributed by atoms with van der Waals surface area (Å²) in [7, 11) is 0. The maximum Gasteiger partial charge on any atom is 0.338 e. The largest absolute Gasteiger partial charge is 0.479 e. The van der Waals surface area contributed by atoms with Crippen molar-refractivity contribution in [2.75, 3.05) is 13.2 Å². The molecule has 1 aromatic rings. The Morgan fingerprint density at radius 1 is 1.33 bits per heavy atom. The van der Waals surface area contributed by atoms with Crippen molar-refractivity contribution < 1.29 is 28.9 Å². The number of carbonyl (C=O) groups is 2. The van der Waals surface area contributed by atoms with Gasteiger partial charge in [0, 0.05) is 0 Å². The Morgan fingerprint density at radius 3 is 2.67 bits per heavy atom. The van der Waals surface area contributed by atoms with Crippen LogP contribution in [0.3, 0.4) is 0 Å². The van der Waals surface area contributed by atoms with E-state index in [1.54, 1.807) is 30.3 Å². The van der Waals surface area contributed by atoms with E-state index < -0.39 is 24.3 Å². The summed E-state index contributed by atoms with van der Waals surface area (Å²) in [5.74, 6) is -1.59. The number of carboxylic acids is 1. The second kappa shape index (κ2) is 5.61. The van der Waals surface area contributed by atoms with Gasteiger partial charge in [-0.2, -0.15) is 0 Å². The minimum absolute atomic E-state index is 0.0388.